The van der Waals surface area contributed by atoms with Crippen LogP contribution >= 0.6 is 15.9 Å². The van der Waals surface area contributed by atoms with E-state index in [1.165, 1.54) is 10.8 Å². The summed E-state index contributed by atoms with van der Waals surface area (Å²) in [7, 11) is 0. The van der Waals surface area contributed by atoms with E-state index in [-0.39, 0.29) is 0 Å². The summed E-state index contributed by atoms with van der Waals surface area (Å²) in [6.45, 7) is 5.98. The van der Waals surface area contributed by atoms with Crippen molar-refractivity contribution < 1.29 is 0 Å². The van der Waals surface area contributed by atoms with Crippen molar-refractivity contribution in [3.63, 3.8) is 0 Å². The number of halogens is 1. The Bertz CT molecular complexity index is 616. The van der Waals surface area contributed by atoms with E-state index in [0.29, 0.717) is 0 Å². The molecule has 112 valence electrons. The van der Waals surface area contributed by atoms with Crippen molar-refractivity contribution in [1.29, 1.82) is 0 Å². The number of hydrogen-bond acceptors (Lipinski definition) is 4. The number of nitrogens with zero attached hydrogens (tertiary/aromatic N) is 3. The highest BCUT2D eigenvalue weighted by Gasteiger charge is 2.17. The molecule has 1 aromatic carbocycles. The molecule has 21 heavy (non-hydrogen) atoms. The van der Waals surface area contributed by atoms with Crippen LogP contribution in [0.2, 0.25) is 0 Å². The summed E-state index contributed by atoms with van der Waals surface area (Å²) in [4.78, 5) is 9.50. The van der Waals surface area contributed by atoms with Gasteiger partial charge in [-0.15, -0.1) is 0 Å². The maximum atomic E-state index is 5.67. The van der Waals surface area contributed by atoms with Crippen LogP contribution in [0.25, 0.3) is 10.8 Å². The number of rotatable bonds is 3. The largest absolute Gasteiger partial charge is 0.355 e. The molecule has 0 bridgehead atoms. The maximum absolute atomic E-state index is 5.67. The molecule has 0 amide bonds. The second kappa shape index (κ2) is 6.73. The first kappa shape index (κ1) is 14.8. The van der Waals surface area contributed by atoms with E-state index in [9.17, 15) is 0 Å². The standard InChI is InChI=1S/C16H21BrN4/c17-15-4-1-3-14-13(15)5-7-19-16(14)21-9-2-8-20(10-6-18)11-12-21/h1,3-5,7H,2,6,8-12,18H2. The molecule has 1 aliphatic rings. The zero-order chi connectivity index (χ0) is 14.7. The molecule has 1 saturated heterocycles. The molecule has 0 saturated carbocycles. The molecular formula is C16H21BrN4. The molecule has 0 spiro atoms. The molecule has 1 aliphatic heterocycles. The lowest BCUT2D eigenvalue weighted by Crippen LogP contribution is -2.34. The van der Waals surface area contributed by atoms with Gasteiger partial charge >= 0.3 is 0 Å². The van der Waals surface area contributed by atoms with E-state index in [2.05, 4.69) is 55.0 Å². The van der Waals surface area contributed by atoms with Crippen LogP contribution in [0.4, 0.5) is 5.82 Å². The number of benzene rings is 1. The number of aromatic nitrogens is 1. The van der Waals surface area contributed by atoms with Gasteiger partial charge in [0.05, 0.1) is 0 Å². The topological polar surface area (TPSA) is 45.4 Å². The Morgan fingerprint density at radius 1 is 1.10 bits per heavy atom. The smallest absolute Gasteiger partial charge is 0.136 e. The molecule has 1 fully saturated rings. The minimum Gasteiger partial charge on any atom is -0.355 e. The van der Waals surface area contributed by atoms with Crippen molar-refractivity contribution in [3.05, 3.63) is 34.9 Å². The van der Waals surface area contributed by atoms with E-state index in [0.717, 1.165) is 56.0 Å². The van der Waals surface area contributed by atoms with Gasteiger partial charge in [0.2, 0.25) is 0 Å². The van der Waals surface area contributed by atoms with Crippen molar-refractivity contribution in [2.24, 2.45) is 5.73 Å². The highest BCUT2D eigenvalue weighted by Crippen LogP contribution is 2.30. The monoisotopic (exact) mass is 348 g/mol. The fourth-order valence-corrected chi connectivity index (χ4v) is 3.49. The van der Waals surface area contributed by atoms with Gasteiger partial charge in [0.25, 0.3) is 0 Å². The van der Waals surface area contributed by atoms with E-state index in [1.54, 1.807) is 0 Å². The Balaban J connectivity index is 1.88. The summed E-state index contributed by atoms with van der Waals surface area (Å²) in [6.07, 6.45) is 3.07. The zero-order valence-electron chi connectivity index (χ0n) is 12.1. The average molecular weight is 349 g/mol. The highest BCUT2D eigenvalue weighted by atomic mass is 79.9. The molecule has 0 atom stereocenters. The molecule has 1 aromatic heterocycles. The summed E-state index contributed by atoms with van der Waals surface area (Å²) in [5.74, 6) is 1.10. The van der Waals surface area contributed by atoms with Gasteiger partial charge in [-0.1, -0.05) is 28.1 Å². The SMILES string of the molecule is NCCN1CCCN(c2nccc3c(Br)cccc23)CC1. The average Bonchev–Trinajstić information content (AvgIpc) is 2.73. The van der Waals surface area contributed by atoms with Crippen molar-refractivity contribution in [2.75, 3.05) is 44.2 Å². The van der Waals surface area contributed by atoms with Crippen LogP contribution in [-0.4, -0.2) is 49.2 Å². The van der Waals surface area contributed by atoms with Gasteiger partial charge in [-0.2, -0.15) is 0 Å². The molecule has 4 nitrogen and oxygen atoms in total. The van der Waals surface area contributed by atoms with Crippen molar-refractivity contribution in [1.82, 2.24) is 9.88 Å². The van der Waals surface area contributed by atoms with Crippen LogP contribution in [-0.2, 0) is 0 Å². The van der Waals surface area contributed by atoms with E-state index >= 15 is 0 Å². The predicted octanol–water partition coefficient (Wildman–Crippen LogP) is 2.47. The van der Waals surface area contributed by atoms with E-state index < -0.39 is 0 Å². The Labute approximate surface area is 134 Å². The summed E-state index contributed by atoms with van der Waals surface area (Å²) < 4.78 is 1.13. The van der Waals surface area contributed by atoms with Crippen LogP contribution in [0.3, 0.4) is 0 Å². The second-order valence-corrected chi connectivity index (χ2v) is 6.29. The fraction of sp³-hybridized carbons (Fsp3) is 0.438. The number of hydrogen-bond donors (Lipinski definition) is 1. The zero-order valence-corrected chi connectivity index (χ0v) is 13.7. The summed E-state index contributed by atoms with van der Waals surface area (Å²) in [5.41, 5.74) is 5.67. The Hall–Kier alpha value is -1.17. The van der Waals surface area contributed by atoms with Gasteiger partial charge in [-0.3, -0.25) is 0 Å². The van der Waals surface area contributed by atoms with Crippen LogP contribution in [0.1, 0.15) is 6.42 Å². The Morgan fingerprint density at radius 3 is 2.86 bits per heavy atom. The lowest BCUT2D eigenvalue weighted by Gasteiger charge is -2.23. The molecule has 2 aromatic rings. The van der Waals surface area contributed by atoms with E-state index in [1.807, 2.05) is 6.20 Å². The third kappa shape index (κ3) is 3.20. The van der Waals surface area contributed by atoms with Crippen LogP contribution < -0.4 is 10.6 Å². The van der Waals surface area contributed by atoms with Gasteiger partial charge in [-0.05, 0) is 25.1 Å². The molecule has 3 rings (SSSR count). The highest BCUT2D eigenvalue weighted by molar-refractivity contribution is 9.10. The van der Waals surface area contributed by atoms with Crippen LogP contribution in [0, 0.1) is 0 Å². The van der Waals surface area contributed by atoms with Crippen LogP contribution in [0.5, 0.6) is 0 Å². The number of nitrogens with two attached hydrogens (primary N) is 1. The minimum absolute atomic E-state index is 0.736. The van der Waals surface area contributed by atoms with Gasteiger partial charge in [0.1, 0.15) is 5.82 Å². The number of anilines is 1. The number of fused-ring (bicyclic) bond motifs is 1. The van der Waals surface area contributed by atoms with Crippen molar-refractivity contribution >= 4 is 32.5 Å². The van der Waals surface area contributed by atoms with Gasteiger partial charge < -0.3 is 15.5 Å². The molecular weight excluding hydrogens is 328 g/mol. The summed E-state index contributed by atoms with van der Waals surface area (Å²) in [5, 5.41) is 2.45. The molecule has 0 unspecified atom stereocenters. The van der Waals surface area contributed by atoms with Crippen LogP contribution in [0.15, 0.2) is 34.9 Å². The summed E-state index contributed by atoms with van der Waals surface area (Å²) >= 11 is 3.63. The van der Waals surface area contributed by atoms with Crippen molar-refractivity contribution in [3.8, 4) is 0 Å². The Kier molecular flexibility index (Phi) is 4.73. The second-order valence-electron chi connectivity index (χ2n) is 5.44. The first-order valence-electron chi connectivity index (χ1n) is 7.50. The molecule has 2 N–H and O–H groups in total. The minimum atomic E-state index is 0.736. The lowest BCUT2D eigenvalue weighted by atomic mass is 10.1. The lowest BCUT2D eigenvalue weighted by molar-refractivity contribution is 0.302. The molecule has 5 heteroatoms. The molecule has 0 radical (unpaired) electrons. The maximum Gasteiger partial charge on any atom is 0.136 e. The fourth-order valence-electron chi connectivity index (χ4n) is 2.99. The first-order chi connectivity index (χ1) is 10.3. The Morgan fingerprint density at radius 2 is 2.00 bits per heavy atom. The van der Waals surface area contributed by atoms with Crippen molar-refractivity contribution in [2.45, 2.75) is 6.42 Å². The van der Waals surface area contributed by atoms with Gasteiger partial charge in [-0.25, -0.2) is 4.98 Å². The quantitative estimate of drug-likeness (QED) is 0.925. The predicted molar refractivity (Wildman–Crippen MR) is 91.8 cm³/mol. The summed E-state index contributed by atoms with van der Waals surface area (Å²) in [6, 6.07) is 8.39. The molecule has 2 heterocycles. The van der Waals surface area contributed by atoms with E-state index in [4.69, 9.17) is 5.73 Å². The number of pyridine rings is 1. The molecule has 0 aliphatic carbocycles. The third-order valence-electron chi connectivity index (χ3n) is 4.07. The third-order valence-corrected chi connectivity index (χ3v) is 4.76. The van der Waals surface area contributed by atoms with Gasteiger partial charge in [0, 0.05) is 54.2 Å². The first-order valence-corrected chi connectivity index (χ1v) is 8.29. The van der Waals surface area contributed by atoms with Gasteiger partial charge in [0.15, 0.2) is 0 Å². The normalized spacial score (nSPS) is 17.1.